The van der Waals surface area contributed by atoms with Crippen LogP contribution < -0.4 is 5.32 Å². The van der Waals surface area contributed by atoms with E-state index < -0.39 is 5.54 Å². The molecule has 138 valence electrons. The van der Waals surface area contributed by atoms with Gasteiger partial charge in [-0.3, -0.25) is 14.6 Å². The Kier molecular flexibility index (Phi) is 4.57. The summed E-state index contributed by atoms with van der Waals surface area (Å²) in [4.78, 5) is 28.4. The molecule has 0 aromatic carbocycles. The molecule has 2 atom stereocenters. The quantitative estimate of drug-likeness (QED) is 0.814. The van der Waals surface area contributed by atoms with Gasteiger partial charge in [0.2, 0.25) is 11.8 Å². The van der Waals surface area contributed by atoms with Crippen molar-refractivity contribution in [2.24, 2.45) is 5.92 Å². The van der Waals surface area contributed by atoms with E-state index >= 15 is 0 Å². The van der Waals surface area contributed by atoms with E-state index in [1.54, 1.807) is 0 Å². The Labute approximate surface area is 147 Å². The maximum atomic E-state index is 12.8. The second kappa shape index (κ2) is 6.40. The molecule has 1 N–H and O–H groups in total. The number of nitrogens with one attached hydrogen (secondary N) is 1. The number of nitrogens with zero attached hydrogens (tertiary/aromatic N) is 4. The lowest BCUT2D eigenvalue weighted by atomic mass is 9.98. The van der Waals surface area contributed by atoms with Crippen molar-refractivity contribution in [2.75, 3.05) is 13.1 Å². The molecular formula is C17H27N5O3. The van der Waals surface area contributed by atoms with E-state index in [1.165, 1.54) is 4.90 Å². The van der Waals surface area contributed by atoms with Crippen LogP contribution in [0, 0.1) is 5.92 Å². The SMILES string of the molecule is CC(C)Cc1nnc([C@H](C)N2CC[C@]3(C2)NC(=O)N(C(C)C)C3=O)o1. The number of rotatable bonds is 5. The number of imide groups is 1. The Morgan fingerprint density at radius 3 is 2.52 bits per heavy atom. The summed E-state index contributed by atoms with van der Waals surface area (Å²) in [7, 11) is 0. The number of carbonyl (C=O) groups excluding carboxylic acids is 2. The van der Waals surface area contributed by atoms with Crippen molar-refractivity contribution >= 4 is 11.9 Å². The summed E-state index contributed by atoms with van der Waals surface area (Å²) in [5.41, 5.74) is -0.823. The van der Waals surface area contributed by atoms with Gasteiger partial charge in [-0.15, -0.1) is 10.2 Å². The Morgan fingerprint density at radius 2 is 1.92 bits per heavy atom. The first-order chi connectivity index (χ1) is 11.7. The second-order valence-electron chi connectivity index (χ2n) is 7.81. The number of likely N-dealkylation sites (tertiary alicyclic amines) is 1. The maximum Gasteiger partial charge on any atom is 0.325 e. The van der Waals surface area contributed by atoms with Crippen molar-refractivity contribution in [3.63, 3.8) is 0 Å². The zero-order valence-corrected chi connectivity index (χ0v) is 15.6. The summed E-state index contributed by atoms with van der Waals surface area (Å²) in [6.07, 6.45) is 1.35. The zero-order valence-electron chi connectivity index (χ0n) is 15.6. The van der Waals surface area contributed by atoms with E-state index in [-0.39, 0.29) is 24.0 Å². The Bertz CT molecular complexity index is 671. The van der Waals surface area contributed by atoms with Crippen LogP contribution in [0.1, 0.15) is 58.9 Å². The molecule has 0 saturated carbocycles. The third-order valence-corrected chi connectivity index (χ3v) is 4.98. The van der Waals surface area contributed by atoms with Gasteiger partial charge in [0.1, 0.15) is 5.54 Å². The normalized spacial score (nSPS) is 25.6. The van der Waals surface area contributed by atoms with Crippen LogP contribution in [0.4, 0.5) is 4.79 Å². The lowest BCUT2D eigenvalue weighted by Gasteiger charge is -2.25. The van der Waals surface area contributed by atoms with E-state index in [0.29, 0.717) is 37.2 Å². The highest BCUT2D eigenvalue weighted by Crippen LogP contribution is 2.34. The molecule has 0 aliphatic carbocycles. The highest BCUT2D eigenvalue weighted by molar-refractivity contribution is 6.07. The van der Waals surface area contributed by atoms with E-state index in [9.17, 15) is 9.59 Å². The van der Waals surface area contributed by atoms with Crippen molar-refractivity contribution in [2.45, 2.75) is 65.1 Å². The first-order valence-electron chi connectivity index (χ1n) is 8.95. The molecule has 3 amide bonds. The predicted molar refractivity (Wildman–Crippen MR) is 90.7 cm³/mol. The van der Waals surface area contributed by atoms with Gasteiger partial charge in [0.25, 0.3) is 5.91 Å². The minimum atomic E-state index is -0.823. The van der Waals surface area contributed by atoms with Crippen molar-refractivity contribution < 1.29 is 14.0 Å². The number of urea groups is 1. The lowest BCUT2D eigenvalue weighted by molar-refractivity contribution is -0.132. The van der Waals surface area contributed by atoms with Crippen LogP contribution in [0.25, 0.3) is 0 Å². The molecule has 2 aliphatic heterocycles. The van der Waals surface area contributed by atoms with E-state index in [0.717, 1.165) is 6.42 Å². The molecule has 8 heteroatoms. The topological polar surface area (TPSA) is 91.6 Å². The molecule has 2 fully saturated rings. The Morgan fingerprint density at radius 1 is 1.20 bits per heavy atom. The molecule has 2 aliphatic rings. The van der Waals surface area contributed by atoms with Crippen LogP contribution in [0.15, 0.2) is 4.42 Å². The molecule has 25 heavy (non-hydrogen) atoms. The molecule has 0 bridgehead atoms. The standard InChI is InChI=1S/C17H27N5O3/c1-10(2)8-13-19-20-14(25-13)12(5)21-7-6-17(9-21)15(23)22(11(3)4)16(24)18-17/h10-12H,6-9H2,1-5H3,(H,18,24)/t12-,17+/m0/s1. The summed E-state index contributed by atoms with van der Waals surface area (Å²) in [5.74, 6) is 1.52. The van der Waals surface area contributed by atoms with Gasteiger partial charge in [-0.1, -0.05) is 13.8 Å². The zero-order chi connectivity index (χ0) is 18.4. The van der Waals surface area contributed by atoms with Crippen LogP contribution in [-0.2, 0) is 11.2 Å². The second-order valence-corrected chi connectivity index (χ2v) is 7.81. The van der Waals surface area contributed by atoms with E-state index in [4.69, 9.17) is 4.42 Å². The maximum absolute atomic E-state index is 12.8. The van der Waals surface area contributed by atoms with Crippen LogP contribution in [0.5, 0.6) is 0 Å². The molecular weight excluding hydrogens is 322 g/mol. The first-order valence-corrected chi connectivity index (χ1v) is 8.95. The third-order valence-electron chi connectivity index (χ3n) is 4.98. The molecule has 1 aromatic rings. The summed E-state index contributed by atoms with van der Waals surface area (Å²) in [6.45, 7) is 11.1. The van der Waals surface area contributed by atoms with Crippen molar-refractivity contribution in [1.82, 2.24) is 25.3 Å². The number of carbonyl (C=O) groups is 2. The summed E-state index contributed by atoms with van der Waals surface area (Å²) in [5, 5.41) is 11.2. The molecule has 1 spiro atoms. The lowest BCUT2D eigenvalue weighted by Crippen LogP contribution is -2.49. The number of aromatic nitrogens is 2. The van der Waals surface area contributed by atoms with Crippen LogP contribution in [-0.4, -0.2) is 56.6 Å². The molecule has 0 radical (unpaired) electrons. The van der Waals surface area contributed by atoms with E-state index in [1.807, 2.05) is 20.8 Å². The molecule has 2 saturated heterocycles. The number of hydrogen-bond donors (Lipinski definition) is 1. The fraction of sp³-hybridized carbons (Fsp3) is 0.765. The van der Waals surface area contributed by atoms with Gasteiger partial charge in [-0.05, 0) is 33.1 Å². The molecule has 0 unspecified atom stereocenters. The van der Waals surface area contributed by atoms with Crippen molar-refractivity contribution in [3.8, 4) is 0 Å². The van der Waals surface area contributed by atoms with Crippen LogP contribution in [0.2, 0.25) is 0 Å². The third kappa shape index (κ3) is 3.15. The highest BCUT2D eigenvalue weighted by Gasteiger charge is 2.56. The summed E-state index contributed by atoms with van der Waals surface area (Å²) < 4.78 is 5.78. The number of amides is 3. The van der Waals surface area contributed by atoms with Crippen LogP contribution >= 0.6 is 0 Å². The fourth-order valence-corrected chi connectivity index (χ4v) is 3.58. The largest absolute Gasteiger partial charge is 0.424 e. The minimum Gasteiger partial charge on any atom is -0.424 e. The van der Waals surface area contributed by atoms with E-state index in [2.05, 4.69) is 34.3 Å². The summed E-state index contributed by atoms with van der Waals surface area (Å²) >= 11 is 0. The van der Waals surface area contributed by atoms with Gasteiger partial charge >= 0.3 is 6.03 Å². The van der Waals surface area contributed by atoms with Gasteiger partial charge in [0.15, 0.2) is 0 Å². The van der Waals surface area contributed by atoms with Crippen LogP contribution in [0.3, 0.4) is 0 Å². The fourth-order valence-electron chi connectivity index (χ4n) is 3.58. The minimum absolute atomic E-state index is 0.0920. The van der Waals surface area contributed by atoms with Crippen molar-refractivity contribution in [3.05, 3.63) is 11.8 Å². The smallest absolute Gasteiger partial charge is 0.325 e. The molecule has 1 aromatic heterocycles. The molecule has 3 heterocycles. The Hall–Kier alpha value is -1.96. The summed E-state index contributed by atoms with van der Waals surface area (Å²) in [6, 6.07) is -0.537. The Balaban J connectivity index is 1.71. The van der Waals surface area contributed by atoms with Gasteiger partial charge in [-0.25, -0.2) is 4.79 Å². The van der Waals surface area contributed by atoms with Gasteiger partial charge < -0.3 is 9.73 Å². The number of hydrogen-bond acceptors (Lipinski definition) is 6. The average Bonchev–Trinajstić information content (AvgIpc) is 3.18. The predicted octanol–water partition coefficient (Wildman–Crippen LogP) is 1.73. The first kappa shape index (κ1) is 17.8. The van der Waals surface area contributed by atoms with Gasteiger partial charge in [-0.2, -0.15) is 0 Å². The van der Waals surface area contributed by atoms with Gasteiger partial charge in [0.05, 0.1) is 6.04 Å². The molecule has 3 rings (SSSR count). The highest BCUT2D eigenvalue weighted by atomic mass is 16.4. The van der Waals surface area contributed by atoms with Gasteiger partial charge in [0, 0.05) is 25.6 Å². The van der Waals surface area contributed by atoms with Crippen molar-refractivity contribution in [1.29, 1.82) is 0 Å². The monoisotopic (exact) mass is 349 g/mol. The molecule has 8 nitrogen and oxygen atoms in total. The average molecular weight is 349 g/mol.